The van der Waals surface area contributed by atoms with Crippen molar-refractivity contribution >= 4 is 11.9 Å². The van der Waals surface area contributed by atoms with E-state index in [-0.39, 0.29) is 5.41 Å². The van der Waals surface area contributed by atoms with Crippen molar-refractivity contribution in [3.63, 3.8) is 0 Å². The Hall–Kier alpha value is -2.37. The van der Waals surface area contributed by atoms with E-state index in [1.54, 1.807) is 0 Å². The number of benzene rings is 1. The Morgan fingerprint density at radius 2 is 1.96 bits per heavy atom. The molecular weight excluding hydrogens is 314 g/mol. The van der Waals surface area contributed by atoms with E-state index >= 15 is 0 Å². The van der Waals surface area contributed by atoms with Gasteiger partial charge in [-0.15, -0.1) is 5.10 Å². The Labute approximate surface area is 147 Å². The molecule has 6 nitrogen and oxygen atoms in total. The van der Waals surface area contributed by atoms with Crippen LogP contribution in [0.2, 0.25) is 0 Å². The minimum atomic E-state index is -0.176. The maximum Gasteiger partial charge on any atom is 0.239 e. The van der Waals surface area contributed by atoms with Crippen LogP contribution >= 0.6 is 0 Å². The van der Waals surface area contributed by atoms with Crippen molar-refractivity contribution in [2.45, 2.75) is 44.4 Å². The maximum absolute atomic E-state index is 13.2. The smallest absolute Gasteiger partial charge is 0.239 e. The summed E-state index contributed by atoms with van der Waals surface area (Å²) >= 11 is 0. The lowest BCUT2D eigenvalue weighted by Crippen LogP contribution is -2.51. The van der Waals surface area contributed by atoms with Gasteiger partial charge in [-0.3, -0.25) is 9.89 Å². The van der Waals surface area contributed by atoms with Gasteiger partial charge in [-0.2, -0.15) is 4.98 Å². The van der Waals surface area contributed by atoms with Crippen LogP contribution in [0.25, 0.3) is 0 Å². The lowest BCUT2D eigenvalue weighted by Gasteiger charge is -2.45. The van der Waals surface area contributed by atoms with Gasteiger partial charge in [-0.1, -0.05) is 36.8 Å². The van der Waals surface area contributed by atoms with Crippen LogP contribution in [-0.4, -0.2) is 39.1 Å². The normalized spacial score (nSPS) is 20.2. The third-order valence-corrected chi connectivity index (χ3v) is 5.84. The molecular formula is C19H25N5O. The number of carbonyl (C=O) groups excluding carboxylic acids is 1. The minimum Gasteiger partial charge on any atom is -0.367 e. The second-order valence-electron chi connectivity index (χ2n) is 7.44. The Morgan fingerprint density at radius 1 is 1.24 bits per heavy atom. The molecule has 3 N–H and O–H groups in total. The van der Waals surface area contributed by atoms with Crippen molar-refractivity contribution in [2.24, 2.45) is 5.41 Å². The fourth-order valence-electron chi connectivity index (χ4n) is 4.22. The van der Waals surface area contributed by atoms with Crippen molar-refractivity contribution in [1.29, 1.82) is 0 Å². The number of nitrogens with two attached hydrogens (primary N) is 1. The van der Waals surface area contributed by atoms with Crippen LogP contribution in [0.4, 0.5) is 5.95 Å². The lowest BCUT2D eigenvalue weighted by molar-refractivity contribution is -0.148. The number of nitrogens with zero attached hydrogens (tertiary/aromatic N) is 3. The molecule has 1 amide bonds. The Morgan fingerprint density at radius 3 is 2.52 bits per heavy atom. The molecule has 0 unspecified atom stereocenters. The fraction of sp³-hybridized carbons (Fsp3) is 0.526. The molecule has 4 rings (SSSR count). The zero-order valence-electron chi connectivity index (χ0n) is 14.4. The molecule has 132 valence electrons. The molecule has 0 atom stereocenters. The quantitative estimate of drug-likeness (QED) is 0.896. The Balaban J connectivity index is 1.41. The summed E-state index contributed by atoms with van der Waals surface area (Å²) in [6, 6.07) is 10.4. The van der Waals surface area contributed by atoms with Gasteiger partial charge in [0.1, 0.15) is 5.82 Å². The first-order valence-corrected chi connectivity index (χ1v) is 9.17. The zero-order chi connectivity index (χ0) is 17.3. The molecule has 0 bridgehead atoms. The molecule has 2 fully saturated rings. The molecule has 0 spiro atoms. The number of carbonyl (C=O) groups is 1. The number of rotatable bonds is 4. The summed E-state index contributed by atoms with van der Waals surface area (Å²) in [5.41, 5.74) is 6.69. The summed E-state index contributed by atoms with van der Waals surface area (Å²) < 4.78 is 0. The van der Waals surface area contributed by atoms with Gasteiger partial charge in [-0.25, -0.2) is 0 Å². The Bertz CT molecular complexity index is 729. The van der Waals surface area contributed by atoms with E-state index < -0.39 is 0 Å². The topological polar surface area (TPSA) is 87.9 Å². The van der Waals surface area contributed by atoms with Crippen molar-refractivity contribution in [3.05, 3.63) is 41.7 Å². The molecule has 25 heavy (non-hydrogen) atoms. The van der Waals surface area contributed by atoms with E-state index in [0.717, 1.165) is 57.4 Å². The first-order valence-electron chi connectivity index (χ1n) is 9.17. The van der Waals surface area contributed by atoms with Gasteiger partial charge in [-0.05, 0) is 37.7 Å². The van der Waals surface area contributed by atoms with Gasteiger partial charge >= 0.3 is 0 Å². The number of likely N-dealkylation sites (tertiary alicyclic amines) is 1. The van der Waals surface area contributed by atoms with Crippen molar-refractivity contribution in [2.75, 3.05) is 18.8 Å². The number of hydrogen-bond acceptors (Lipinski definition) is 4. The number of H-pyrrole nitrogens is 1. The van der Waals surface area contributed by atoms with Gasteiger partial charge in [0.15, 0.2) is 0 Å². The molecule has 1 aromatic heterocycles. The van der Waals surface area contributed by atoms with Crippen LogP contribution in [0.5, 0.6) is 0 Å². The van der Waals surface area contributed by atoms with Crippen LogP contribution in [0.3, 0.4) is 0 Å². The zero-order valence-corrected chi connectivity index (χ0v) is 14.4. The van der Waals surface area contributed by atoms with Crippen LogP contribution in [0, 0.1) is 5.41 Å². The number of anilines is 1. The standard InChI is InChI=1S/C19H25N5O/c20-18-21-16(22-23-18)15-7-11-24(12-8-15)17(25)19(9-4-10-19)13-14-5-2-1-3-6-14/h1-3,5-6,15H,4,7-13H2,(H3,20,21,22,23). The number of nitrogen functional groups attached to an aromatic ring is 1. The summed E-state index contributed by atoms with van der Waals surface area (Å²) in [4.78, 5) is 19.5. The number of amides is 1. The van der Waals surface area contributed by atoms with Crippen molar-refractivity contribution in [3.8, 4) is 0 Å². The highest BCUT2D eigenvalue weighted by Crippen LogP contribution is 2.46. The molecule has 0 radical (unpaired) electrons. The van der Waals surface area contributed by atoms with E-state index in [2.05, 4.69) is 44.3 Å². The maximum atomic E-state index is 13.2. The molecule has 2 aliphatic rings. The third kappa shape index (κ3) is 3.13. The average molecular weight is 339 g/mol. The Kier molecular flexibility index (Phi) is 4.19. The molecule has 1 aromatic carbocycles. The first kappa shape index (κ1) is 16.1. The number of nitrogens with one attached hydrogen (secondary N) is 1. The third-order valence-electron chi connectivity index (χ3n) is 5.84. The van der Waals surface area contributed by atoms with Gasteiger partial charge in [0.05, 0.1) is 5.41 Å². The predicted molar refractivity (Wildman–Crippen MR) is 95.8 cm³/mol. The lowest BCUT2D eigenvalue weighted by atomic mass is 9.64. The van der Waals surface area contributed by atoms with E-state index in [4.69, 9.17) is 5.73 Å². The molecule has 1 saturated heterocycles. The van der Waals surface area contributed by atoms with Gasteiger partial charge < -0.3 is 10.6 Å². The second kappa shape index (κ2) is 6.50. The summed E-state index contributed by atoms with van der Waals surface area (Å²) in [6.45, 7) is 1.58. The molecule has 1 saturated carbocycles. The predicted octanol–water partition coefficient (Wildman–Crippen LogP) is 2.51. The highest BCUT2D eigenvalue weighted by molar-refractivity contribution is 5.84. The first-order chi connectivity index (χ1) is 12.2. The molecule has 6 heteroatoms. The molecule has 2 heterocycles. The van der Waals surface area contributed by atoms with Crippen LogP contribution in [0.15, 0.2) is 30.3 Å². The minimum absolute atomic E-state index is 0.176. The summed E-state index contributed by atoms with van der Waals surface area (Å²) in [5, 5.41) is 6.83. The van der Waals surface area contributed by atoms with E-state index in [1.807, 2.05) is 6.07 Å². The summed E-state index contributed by atoms with van der Waals surface area (Å²) in [5.74, 6) is 1.82. The number of hydrogen-bond donors (Lipinski definition) is 2. The van der Waals surface area contributed by atoms with E-state index in [1.165, 1.54) is 5.56 Å². The van der Waals surface area contributed by atoms with Crippen molar-refractivity contribution < 1.29 is 4.79 Å². The summed E-state index contributed by atoms with van der Waals surface area (Å²) in [7, 11) is 0. The largest absolute Gasteiger partial charge is 0.367 e. The van der Waals surface area contributed by atoms with E-state index in [9.17, 15) is 4.79 Å². The van der Waals surface area contributed by atoms with E-state index in [0.29, 0.717) is 17.8 Å². The molecule has 2 aromatic rings. The molecule has 1 aliphatic carbocycles. The van der Waals surface area contributed by atoms with Crippen LogP contribution < -0.4 is 5.73 Å². The molecule has 1 aliphatic heterocycles. The second-order valence-corrected chi connectivity index (χ2v) is 7.44. The van der Waals surface area contributed by atoms with Crippen LogP contribution in [0.1, 0.15) is 49.4 Å². The number of piperidine rings is 1. The fourth-order valence-corrected chi connectivity index (χ4v) is 4.22. The SMILES string of the molecule is Nc1n[nH]c(C2CCN(C(=O)C3(Cc4ccccc4)CCC3)CC2)n1. The van der Waals surface area contributed by atoms with Gasteiger partial charge in [0.25, 0.3) is 0 Å². The number of aromatic nitrogens is 3. The highest BCUT2D eigenvalue weighted by Gasteiger charge is 2.46. The average Bonchev–Trinajstić information content (AvgIpc) is 3.05. The van der Waals surface area contributed by atoms with Gasteiger partial charge in [0.2, 0.25) is 11.9 Å². The number of aromatic amines is 1. The van der Waals surface area contributed by atoms with Crippen molar-refractivity contribution in [1.82, 2.24) is 20.1 Å². The highest BCUT2D eigenvalue weighted by atomic mass is 16.2. The van der Waals surface area contributed by atoms with Crippen LogP contribution in [-0.2, 0) is 11.2 Å². The monoisotopic (exact) mass is 339 g/mol. The van der Waals surface area contributed by atoms with Gasteiger partial charge in [0, 0.05) is 19.0 Å². The summed E-state index contributed by atoms with van der Waals surface area (Å²) in [6.07, 6.45) is 5.89.